The Bertz CT molecular complexity index is 405. The summed E-state index contributed by atoms with van der Waals surface area (Å²) in [7, 11) is 0. The van der Waals surface area contributed by atoms with E-state index in [1.54, 1.807) is 0 Å². The van der Waals surface area contributed by atoms with Crippen LogP contribution in [0.4, 0.5) is 0 Å². The van der Waals surface area contributed by atoms with Crippen molar-refractivity contribution < 1.29 is 0 Å². The lowest BCUT2D eigenvalue weighted by Crippen LogP contribution is -2.35. The van der Waals surface area contributed by atoms with Crippen molar-refractivity contribution in [3.8, 4) is 6.07 Å². The Morgan fingerprint density at radius 2 is 2.12 bits per heavy atom. The number of hydrogen-bond donors (Lipinski definition) is 1. The van der Waals surface area contributed by atoms with E-state index in [0.717, 1.165) is 12.1 Å². The Morgan fingerprint density at radius 3 is 2.75 bits per heavy atom. The molecule has 0 aliphatic heterocycles. The predicted octanol–water partition coefficient (Wildman–Crippen LogP) is 2.96. The summed E-state index contributed by atoms with van der Waals surface area (Å²) in [6.07, 6.45) is 4.10. The van der Waals surface area contributed by atoms with Crippen molar-refractivity contribution in [3.63, 3.8) is 0 Å². The zero-order chi connectivity index (χ0) is 12.0. The molecule has 0 aliphatic carbocycles. The molecule has 0 aliphatic rings. The molecule has 2 nitrogen and oxygen atoms in total. The maximum atomic E-state index is 8.75. The molecule has 0 unspecified atom stereocenters. The number of hydrogen-bond acceptors (Lipinski definition) is 2. The fraction of sp³-hybridized carbons (Fsp3) is 0.357. The number of nitrogens with one attached hydrogen (secondary N) is 1. The van der Waals surface area contributed by atoms with Gasteiger partial charge < -0.3 is 5.32 Å². The van der Waals surface area contributed by atoms with Gasteiger partial charge in [-0.25, -0.2) is 0 Å². The van der Waals surface area contributed by atoms with Gasteiger partial charge >= 0.3 is 0 Å². The summed E-state index contributed by atoms with van der Waals surface area (Å²) in [6.45, 7) is 7.24. The number of nitrogens with zero attached hydrogens (tertiary/aromatic N) is 1. The Balaban J connectivity index is 2.54. The lowest BCUT2D eigenvalue weighted by molar-refractivity contribution is 0.450. The maximum absolute atomic E-state index is 8.75. The first-order valence-corrected chi connectivity index (χ1v) is 5.43. The predicted molar refractivity (Wildman–Crippen MR) is 67.9 cm³/mol. The molecule has 0 aromatic heterocycles. The molecule has 0 radical (unpaired) electrons. The summed E-state index contributed by atoms with van der Waals surface area (Å²) >= 11 is 0. The standard InChI is InChI=1S/C14H18N2/c1-14(2,3)16-9-5-8-12-6-4-7-13(10-12)11-15/h4-8,10,16H,9H2,1-3H3. The fourth-order valence-corrected chi connectivity index (χ4v) is 1.27. The first kappa shape index (κ1) is 12.5. The minimum Gasteiger partial charge on any atom is -0.309 e. The molecule has 1 rings (SSSR count). The second-order valence-electron chi connectivity index (χ2n) is 4.77. The van der Waals surface area contributed by atoms with Crippen LogP contribution < -0.4 is 5.32 Å². The van der Waals surface area contributed by atoms with Gasteiger partial charge in [-0.15, -0.1) is 0 Å². The van der Waals surface area contributed by atoms with Gasteiger partial charge in [-0.3, -0.25) is 0 Å². The molecule has 16 heavy (non-hydrogen) atoms. The van der Waals surface area contributed by atoms with Gasteiger partial charge in [0.25, 0.3) is 0 Å². The van der Waals surface area contributed by atoms with Gasteiger partial charge in [0, 0.05) is 12.1 Å². The van der Waals surface area contributed by atoms with Crippen LogP contribution in [0.1, 0.15) is 31.9 Å². The second kappa shape index (κ2) is 5.48. The highest BCUT2D eigenvalue weighted by Crippen LogP contribution is 2.06. The lowest BCUT2D eigenvalue weighted by Gasteiger charge is -2.18. The average molecular weight is 214 g/mol. The molecule has 0 saturated heterocycles. The summed E-state index contributed by atoms with van der Waals surface area (Å²) in [6, 6.07) is 9.72. The monoisotopic (exact) mass is 214 g/mol. The maximum Gasteiger partial charge on any atom is 0.0991 e. The van der Waals surface area contributed by atoms with Crippen molar-refractivity contribution in [2.24, 2.45) is 0 Å². The van der Waals surface area contributed by atoms with Gasteiger partial charge in [-0.2, -0.15) is 5.26 Å². The van der Waals surface area contributed by atoms with E-state index in [2.05, 4.69) is 38.2 Å². The molecule has 0 amide bonds. The van der Waals surface area contributed by atoms with E-state index < -0.39 is 0 Å². The molecule has 0 bridgehead atoms. The summed E-state index contributed by atoms with van der Waals surface area (Å²) in [4.78, 5) is 0. The Kier molecular flexibility index (Phi) is 4.28. The molecular formula is C14H18N2. The van der Waals surface area contributed by atoms with Crippen LogP contribution >= 0.6 is 0 Å². The van der Waals surface area contributed by atoms with E-state index in [9.17, 15) is 0 Å². The molecule has 1 aromatic rings. The SMILES string of the molecule is CC(C)(C)NCC=Cc1cccc(C#N)c1. The Morgan fingerprint density at radius 1 is 1.38 bits per heavy atom. The van der Waals surface area contributed by atoms with Crippen molar-refractivity contribution in [1.82, 2.24) is 5.32 Å². The van der Waals surface area contributed by atoms with Crippen molar-refractivity contribution in [2.75, 3.05) is 6.54 Å². The fourth-order valence-electron chi connectivity index (χ4n) is 1.27. The van der Waals surface area contributed by atoms with Crippen LogP contribution in [-0.2, 0) is 0 Å². The topological polar surface area (TPSA) is 35.8 Å². The van der Waals surface area contributed by atoms with Crippen LogP contribution in [0.3, 0.4) is 0 Å². The zero-order valence-electron chi connectivity index (χ0n) is 10.1. The average Bonchev–Trinajstić information content (AvgIpc) is 2.23. The third kappa shape index (κ3) is 4.77. The Hall–Kier alpha value is -1.59. The molecule has 0 spiro atoms. The molecule has 0 heterocycles. The molecule has 0 saturated carbocycles. The minimum absolute atomic E-state index is 0.138. The van der Waals surface area contributed by atoms with Crippen LogP contribution in [0.5, 0.6) is 0 Å². The van der Waals surface area contributed by atoms with Crippen LogP contribution in [-0.4, -0.2) is 12.1 Å². The van der Waals surface area contributed by atoms with Crippen molar-refractivity contribution in [3.05, 3.63) is 41.5 Å². The third-order valence-electron chi connectivity index (χ3n) is 2.08. The molecule has 84 valence electrons. The van der Waals surface area contributed by atoms with Crippen LogP contribution in [0, 0.1) is 11.3 Å². The molecule has 2 heteroatoms. The van der Waals surface area contributed by atoms with Crippen LogP contribution in [0.2, 0.25) is 0 Å². The summed E-state index contributed by atoms with van der Waals surface area (Å²) in [5.74, 6) is 0. The van der Waals surface area contributed by atoms with Crippen molar-refractivity contribution >= 4 is 6.08 Å². The van der Waals surface area contributed by atoms with Gasteiger partial charge in [0.05, 0.1) is 11.6 Å². The van der Waals surface area contributed by atoms with E-state index >= 15 is 0 Å². The van der Waals surface area contributed by atoms with E-state index in [-0.39, 0.29) is 5.54 Å². The smallest absolute Gasteiger partial charge is 0.0991 e. The van der Waals surface area contributed by atoms with E-state index in [1.807, 2.05) is 30.3 Å². The van der Waals surface area contributed by atoms with Gasteiger partial charge in [-0.05, 0) is 38.5 Å². The molecule has 0 atom stereocenters. The first-order chi connectivity index (χ1) is 7.51. The van der Waals surface area contributed by atoms with E-state index in [4.69, 9.17) is 5.26 Å². The van der Waals surface area contributed by atoms with Crippen LogP contribution in [0.25, 0.3) is 6.08 Å². The zero-order valence-corrected chi connectivity index (χ0v) is 10.1. The summed E-state index contributed by atoms with van der Waals surface area (Å²) in [5, 5.41) is 12.1. The second-order valence-corrected chi connectivity index (χ2v) is 4.77. The highest BCUT2D eigenvalue weighted by atomic mass is 14.9. The molecular weight excluding hydrogens is 196 g/mol. The van der Waals surface area contributed by atoms with Crippen LogP contribution in [0.15, 0.2) is 30.3 Å². The minimum atomic E-state index is 0.138. The van der Waals surface area contributed by atoms with E-state index in [0.29, 0.717) is 5.56 Å². The molecule has 1 N–H and O–H groups in total. The van der Waals surface area contributed by atoms with Crippen molar-refractivity contribution in [1.29, 1.82) is 5.26 Å². The van der Waals surface area contributed by atoms with E-state index in [1.165, 1.54) is 0 Å². The van der Waals surface area contributed by atoms with Crippen molar-refractivity contribution in [2.45, 2.75) is 26.3 Å². The summed E-state index contributed by atoms with van der Waals surface area (Å²) in [5.41, 5.74) is 1.90. The number of nitriles is 1. The molecule has 0 fully saturated rings. The molecule has 1 aromatic carbocycles. The summed E-state index contributed by atoms with van der Waals surface area (Å²) < 4.78 is 0. The quantitative estimate of drug-likeness (QED) is 0.839. The van der Waals surface area contributed by atoms with Gasteiger partial charge in [0.1, 0.15) is 0 Å². The van der Waals surface area contributed by atoms with Gasteiger partial charge in [-0.1, -0.05) is 24.3 Å². The number of benzene rings is 1. The van der Waals surface area contributed by atoms with Gasteiger partial charge in [0.15, 0.2) is 0 Å². The van der Waals surface area contributed by atoms with Gasteiger partial charge in [0.2, 0.25) is 0 Å². The lowest BCUT2D eigenvalue weighted by atomic mass is 10.1. The Labute approximate surface area is 97.6 Å². The number of rotatable bonds is 3. The third-order valence-corrected chi connectivity index (χ3v) is 2.08. The largest absolute Gasteiger partial charge is 0.309 e. The highest BCUT2D eigenvalue weighted by molar-refractivity contribution is 5.52. The highest BCUT2D eigenvalue weighted by Gasteiger charge is 2.05. The normalized spacial score (nSPS) is 11.6. The first-order valence-electron chi connectivity index (χ1n) is 5.43.